The van der Waals surface area contributed by atoms with E-state index < -0.39 is 10.0 Å². The van der Waals surface area contributed by atoms with Gasteiger partial charge in [0.05, 0.1) is 20.3 Å². The third-order valence-electron chi connectivity index (χ3n) is 4.56. The highest BCUT2D eigenvalue weighted by Gasteiger charge is 2.35. The molecule has 0 aliphatic carbocycles. The Bertz CT molecular complexity index is 878. The molecule has 0 N–H and O–H groups in total. The van der Waals surface area contributed by atoms with E-state index in [4.69, 9.17) is 9.47 Å². The molecule has 2 aromatic carbocycles. The van der Waals surface area contributed by atoms with E-state index in [9.17, 15) is 8.42 Å². The summed E-state index contributed by atoms with van der Waals surface area (Å²) in [6, 6.07) is 14.6. The van der Waals surface area contributed by atoms with E-state index >= 15 is 0 Å². The third kappa shape index (κ3) is 3.92. The minimum atomic E-state index is -3.54. The topological polar surface area (TPSA) is 55.8 Å². The number of methoxy groups -OCH3 is 2. The van der Waals surface area contributed by atoms with Crippen molar-refractivity contribution < 1.29 is 17.9 Å². The Morgan fingerprint density at radius 2 is 1.85 bits per heavy atom. The van der Waals surface area contributed by atoms with Gasteiger partial charge in [0.25, 0.3) is 0 Å². The summed E-state index contributed by atoms with van der Waals surface area (Å²) in [5.74, 6) is 1.36. The number of hydrogen-bond acceptors (Lipinski definition) is 4. The van der Waals surface area contributed by atoms with Gasteiger partial charge in [0.15, 0.2) is 0 Å². The lowest BCUT2D eigenvalue weighted by atomic mass is 10.0. The summed E-state index contributed by atoms with van der Waals surface area (Å²) in [7, 11) is -0.357. The Hall–Kier alpha value is -2.31. The lowest BCUT2D eigenvalue weighted by Gasteiger charge is -2.24. The molecule has 1 atom stereocenters. The van der Waals surface area contributed by atoms with Crippen LogP contribution in [-0.2, 0) is 10.0 Å². The lowest BCUT2D eigenvalue weighted by molar-refractivity contribution is 0.364. The number of hydrogen-bond donors (Lipinski definition) is 0. The average molecular weight is 373 g/mol. The van der Waals surface area contributed by atoms with Gasteiger partial charge < -0.3 is 9.47 Å². The van der Waals surface area contributed by atoms with E-state index in [-0.39, 0.29) is 6.04 Å². The van der Waals surface area contributed by atoms with Crippen LogP contribution in [0.3, 0.4) is 0 Å². The number of sulfonamides is 1. The Kier molecular flexibility index (Phi) is 5.64. The summed E-state index contributed by atoms with van der Waals surface area (Å²) in [5.41, 5.74) is 1.69. The molecule has 1 heterocycles. The summed E-state index contributed by atoms with van der Waals surface area (Å²) in [4.78, 5) is 0. The normalized spacial score (nSPS) is 18.3. The van der Waals surface area contributed by atoms with E-state index in [1.807, 2.05) is 48.5 Å². The fourth-order valence-corrected chi connectivity index (χ4v) is 4.70. The molecule has 0 radical (unpaired) electrons. The van der Waals surface area contributed by atoms with Crippen molar-refractivity contribution in [2.45, 2.75) is 18.9 Å². The molecule has 1 aliphatic heterocycles. The van der Waals surface area contributed by atoms with Crippen molar-refractivity contribution in [3.05, 3.63) is 65.1 Å². The zero-order chi connectivity index (χ0) is 18.6. The van der Waals surface area contributed by atoms with Gasteiger partial charge in [-0.25, -0.2) is 8.42 Å². The molecular formula is C20H23NO4S. The highest BCUT2D eigenvalue weighted by molar-refractivity contribution is 7.92. The van der Waals surface area contributed by atoms with Gasteiger partial charge in [0.2, 0.25) is 10.0 Å². The Labute approximate surface area is 154 Å². The lowest BCUT2D eigenvalue weighted by Crippen LogP contribution is -2.29. The van der Waals surface area contributed by atoms with E-state index in [1.165, 1.54) is 5.41 Å². The Balaban J connectivity index is 1.92. The summed E-state index contributed by atoms with van der Waals surface area (Å²) < 4.78 is 38.1. The van der Waals surface area contributed by atoms with Crippen LogP contribution in [-0.4, -0.2) is 33.5 Å². The van der Waals surface area contributed by atoms with Crippen LogP contribution in [0.25, 0.3) is 6.08 Å². The molecule has 26 heavy (non-hydrogen) atoms. The fraction of sp³-hybridized carbons (Fsp3) is 0.300. The molecule has 138 valence electrons. The third-order valence-corrected chi connectivity index (χ3v) is 6.13. The van der Waals surface area contributed by atoms with Gasteiger partial charge in [-0.15, -0.1) is 0 Å². The Morgan fingerprint density at radius 1 is 1.08 bits per heavy atom. The first-order chi connectivity index (χ1) is 12.5. The predicted octanol–water partition coefficient (Wildman–Crippen LogP) is 3.84. The second-order valence-corrected chi connectivity index (χ2v) is 7.91. The average Bonchev–Trinajstić information content (AvgIpc) is 3.17. The molecule has 5 nitrogen and oxygen atoms in total. The largest absolute Gasteiger partial charge is 0.497 e. The highest BCUT2D eigenvalue weighted by atomic mass is 32.2. The molecule has 0 amide bonds. The quantitative estimate of drug-likeness (QED) is 0.772. The van der Waals surface area contributed by atoms with Gasteiger partial charge in [-0.05, 0) is 42.7 Å². The maximum Gasteiger partial charge on any atom is 0.236 e. The first kappa shape index (κ1) is 18.5. The van der Waals surface area contributed by atoms with Crippen LogP contribution in [0.4, 0.5) is 0 Å². The number of ether oxygens (including phenoxy) is 2. The first-order valence-corrected chi connectivity index (χ1v) is 10.0. The first-order valence-electron chi connectivity index (χ1n) is 8.52. The van der Waals surface area contributed by atoms with E-state index in [2.05, 4.69) is 0 Å². The summed E-state index contributed by atoms with van der Waals surface area (Å²) in [5, 5.41) is 1.29. The minimum Gasteiger partial charge on any atom is -0.497 e. The smallest absolute Gasteiger partial charge is 0.236 e. The van der Waals surface area contributed by atoms with E-state index in [0.29, 0.717) is 18.0 Å². The SMILES string of the molecule is COc1ccc(OC)c([C@H]2CCCN2S(=O)(=O)/C=C/c2ccccc2)c1. The second kappa shape index (κ2) is 7.93. The fourth-order valence-electron chi connectivity index (χ4n) is 3.26. The molecule has 0 bridgehead atoms. The molecule has 0 unspecified atom stereocenters. The monoisotopic (exact) mass is 373 g/mol. The van der Waals surface area contributed by atoms with Crippen LogP contribution in [0.5, 0.6) is 11.5 Å². The highest BCUT2D eigenvalue weighted by Crippen LogP contribution is 2.40. The van der Waals surface area contributed by atoms with Crippen LogP contribution in [0, 0.1) is 0 Å². The molecule has 6 heteroatoms. The van der Waals surface area contributed by atoms with E-state index in [0.717, 1.165) is 24.0 Å². The van der Waals surface area contributed by atoms with Gasteiger partial charge in [-0.1, -0.05) is 30.3 Å². The minimum absolute atomic E-state index is 0.259. The van der Waals surface area contributed by atoms with Crippen molar-refractivity contribution in [3.63, 3.8) is 0 Å². The maximum atomic E-state index is 12.9. The molecule has 1 aliphatic rings. The van der Waals surface area contributed by atoms with E-state index in [1.54, 1.807) is 24.6 Å². The molecule has 2 aromatic rings. The molecular weight excluding hydrogens is 350 g/mol. The molecule has 0 saturated carbocycles. The molecule has 1 fully saturated rings. The molecule has 0 spiro atoms. The second-order valence-electron chi connectivity index (χ2n) is 6.14. The van der Waals surface area contributed by atoms with Gasteiger partial charge in [-0.2, -0.15) is 4.31 Å². The zero-order valence-electron chi connectivity index (χ0n) is 15.0. The standard InChI is InChI=1S/C20H23NO4S/c1-24-17-10-11-20(25-2)18(15-17)19-9-6-13-21(19)26(22,23)14-12-16-7-4-3-5-8-16/h3-5,7-8,10-12,14-15,19H,6,9,13H2,1-2H3/b14-12+/t19-/m1/s1. The summed E-state index contributed by atoms with van der Waals surface area (Å²) in [6.07, 6.45) is 3.19. The summed E-state index contributed by atoms with van der Waals surface area (Å²) >= 11 is 0. The Morgan fingerprint density at radius 3 is 2.54 bits per heavy atom. The molecule has 0 aromatic heterocycles. The molecule has 3 rings (SSSR count). The van der Waals surface area contributed by atoms with Crippen molar-refractivity contribution >= 4 is 16.1 Å². The van der Waals surface area contributed by atoms with Crippen molar-refractivity contribution in [1.82, 2.24) is 4.31 Å². The number of benzene rings is 2. The zero-order valence-corrected chi connectivity index (χ0v) is 15.8. The van der Waals surface area contributed by atoms with Crippen LogP contribution < -0.4 is 9.47 Å². The number of nitrogens with zero attached hydrogens (tertiary/aromatic N) is 1. The van der Waals surface area contributed by atoms with Gasteiger partial charge in [0, 0.05) is 17.5 Å². The van der Waals surface area contributed by atoms with Gasteiger partial charge in [-0.3, -0.25) is 0 Å². The van der Waals surface area contributed by atoms with Gasteiger partial charge in [0.1, 0.15) is 11.5 Å². The predicted molar refractivity (Wildman–Crippen MR) is 103 cm³/mol. The number of rotatable bonds is 6. The summed E-state index contributed by atoms with van der Waals surface area (Å²) in [6.45, 7) is 0.493. The maximum absolute atomic E-state index is 12.9. The van der Waals surface area contributed by atoms with Gasteiger partial charge >= 0.3 is 0 Å². The van der Waals surface area contributed by atoms with Crippen LogP contribution >= 0.6 is 0 Å². The van der Waals surface area contributed by atoms with Crippen molar-refractivity contribution in [1.29, 1.82) is 0 Å². The van der Waals surface area contributed by atoms with Crippen molar-refractivity contribution in [2.24, 2.45) is 0 Å². The van der Waals surface area contributed by atoms with Crippen LogP contribution in [0.15, 0.2) is 53.9 Å². The molecule has 1 saturated heterocycles. The van der Waals surface area contributed by atoms with Crippen LogP contribution in [0.1, 0.15) is 30.0 Å². The van der Waals surface area contributed by atoms with Crippen molar-refractivity contribution in [2.75, 3.05) is 20.8 Å². The van der Waals surface area contributed by atoms with Crippen LogP contribution in [0.2, 0.25) is 0 Å². The van der Waals surface area contributed by atoms with Crippen molar-refractivity contribution in [3.8, 4) is 11.5 Å².